The third-order valence-electron chi connectivity index (χ3n) is 16.9. The smallest absolute Gasteiger partial charge is 0.344 e. The Morgan fingerprint density at radius 3 is 1.11 bits per heavy atom. The fraction of sp³-hybridized carbons (Fsp3) is 0.860. The second-order valence-corrected chi connectivity index (χ2v) is 23.5. The van der Waals surface area contributed by atoms with E-state index in [2.05, 4.69) is 13.8 Å². The van der Waals surface area contributed by atoms with Gasteiger partial charge in [-0.2, -0.15) is 0 Å². The van der Waals surface area contributed by atoms with Crippen LogP contribution >= 0.6 is 0 Å². The Morgan fingerprint density at radius 1 is 0.405 bits per heavy atom. The molecular weight excluding hydrogens is 957 g/mol. The predicted molar refractivity (Wildman–Crippen MR) is 274 cm³/mol. The van der Waals surface area contributed by atoms with Crippen LogP contribution < -0.4 is 0 Å². The lowest BCUT2D eigenvalue weighted by molar-refractivity contribution is -0.207. The van der Waals surface area contributed by atoms with Gasteiger partial charge in [0, 0.05) is 0 Å². The van der Waals surface area contributed by atoms with Crippen molar-refractivity contribution in [3.63, 3.8) is 0 Å². The summed E-state index contributed by atoms with van der Waals surface area (Å²) in [4.78, 5) is 94.9. The summed E-state index contributed by atoms with van der Waals surface area (Å²) in [5, 5.41) is 0. The highest BCUT2D eigenvalue weighted by molar-refractivity contribution is 5.82. The van der Waals surface area contributed by atoms with Crippen molar-refractivity contribution in [2.75, 3.05) is 46.2 Å². The SMILES string of the molecule is CCC(C)(C)C(=O)OCC(=O)OCC(=O)OC1(C)C2CC3CC(C2)CC1C3.CCC1(OC(=O)COC(=O)COC(=O)C(C)(C)CC)CCCCC1.CCC1(OC(=O)COCCOC(=O)C(C)(C)CC)CCCCC1. The summed E-state index contributed by atoms with van der Waals surface area (Å²) < 4.78 is 47.2. The zero-order chi connectivity index (χ0) is 55.4. The van der Waals surface area contributed by atoms with Crippen LogP contribution in [0.1, 0.15) is 212 Å². The summed E-state index contributed by atoms with van der Waals surface area (Å²) in [5.41, 5.74) is -2.92. The van der Waals surface area contributed by atoms with Crippen molar-refractivity contribution in [2.45, 2.75) is 228 Å². The first-order valence-electron chi connectivity index (χ1n) is 27.8. The number of hydrogen-bond donors (Lipinski definition) is 0. The van der Waals surface area contributed by atoms with Crippen molar-refractivity contribution in [3.05, 3.63) is 0 Å². The number of esters is 8. The quantitative estimate of drug-likeness (QED) is 0.0498. The number of ether oxygens (including phenoxy) is 9. The molecule has 0 amide bonds. The van der Waals surface area contributed by atoms with Crippen LogP contribution in [0.25, 0.3) is 0 Å². The molecule has 6 saturated carbocycles. The standard InChI is InChI=1S/C21H32O6.C18H30O6.C18H32O5/c1-5-20(2,3)19(24)26-11-17(22)25-12-18(23)27-21(4)15-7-13-6-14(9-15)10-16(21)8-13;1-5-17(3,4)16(21)23-12-14(19)22-13-15(20)24-18(6-2)10-8-7-9-11-18;1-5-17(3,4)16(20)22-13-12-21-14-15(19)23-18(6-2)10-8-7-9-11-18/h13-16H,5-12H2,1-4H3;5-13H2,1-4H3;5-14H2,1-4H3. The maximum Gasteiger partial charge on any atom is 0.344 e. The molecule has 6 aliphatic carbocycles. The fourth-order valence-corrected chi connectivity index (χ4v) is 10.5. The number of hydrogen-bond acceptors (Lipinski definition) is 17. The van der Waals surface area contributed by atoms with Crippen molar-refractivity contribution in [1.82, 2.24) is 0 Å². The normalized spacial score (nSPS) is 23.5. The van der Waals surface area contributed by atoms with Gasteiger partial charge in [-0.25, -0.2) is 24.0 Å². The number of carbonyl (C=O) groups excluding carboxylic acids is 8. The lowest BCUT2D eigenvalue weighted by Gasteiger charge is -2.59. The van der Waals surface area contributed by atoms with Crippen molar-refractivity contribution in [1.29, 1.82) is 0 Å². The minimum atomic E-state index is -0.749. The first-order valence-corrected chi connectivity index (χ1v) is 27.8. The lowest BCUT2D eigenvalue weighted by Crippen LogP contribution is -2.58. The summed E-state index contributed by atoms with van der Waals surface area (Å²) >= 11 is 0. The van der Waals surface area contributed by atoms with Gasteiger partial charge in [-0.3, -0.25) is 14.4 Å². The molecule has 4 bridgehead atoms. The van der Waals surface area contributed by atoms with Crippen molar-refractivity contribution >= 4 is 47.8 Å². The maximum absolute atomic E-state index is 12.3. The van der Waals surface area contributed by atoms with E-state index in [0.29, 0.717) is 24.7 Å². The first-order chi connectivity index (χ1) is 34.7. The molecule has 0 heterocycles. The zero-order valence-corrected chi connectivity index (χ0v) is 47.3. The zero-order valence-electron chi connectivity index (χ0n) is 47.3. The van der Waals surface area contributed by atoms with Crippen LogP contribution in [-0.2, 0) is 81.0 Å². The molecule has 0 atom stereocenters. The molecule has 6 rings (SSSR count). The topological polar surface area (TPSA) is 220 Å². The molecule has 0 unspecified atom stereocenters. The summed E-state index contributed by atoms with van der Waals surface area (Å²) in [6, 6.07) is 0. The molecule has 424 valence electrons. The molecular formula is C57H94O17. The van der Waals surface area contributed by atoms with Gasteiger partial charge in [0.2, 0.25) is 0 Å². The summed E-state index contributed by atoms with van der Waals surface area (Å²) in [6.07, 6.45) is 19.7. The van der Waals surface area contributed by atoms with Crippen molar-refractivity contribution < 1.29 is 81.0 Å². The Labute approximate surface area is 441 Å². The molecule has 0 saturated heterocycles. The van der Waals surface area contributed by atoms with E-state index in [4.69, 9.17) is 42.6 Å². The van der Waals surface area contributed by atoms with E-state index in [9.17, 15) is 38.4 Å². The average molecular weight is 1050 g/mol. The van der Waals surface area contributed by atoms with Crippen LogP contribution in [0.15, 0.2) is 0 Å². The van der Waals surface area contributed by atoms with E-state index < -0.39 is 89.7 Å². The van der Waals surface area contributed by atoms with Gasteiger partial charge < -0.3 is 42.6 Å². The molecule has 6 fully saturated rings. The van der Waals surface area contributed by atoms with Gasteiger partial charge in [-0.05, 0) is 188 Å². The van der Waals surface area contributed by atoms with Gasteiger partial charge in [0.05, 0.1) is 22.9 Å². The second-order valence-electron chi connectivity index (χ2n) is 23.5. The first kappa shape index (κ1) is 64.0. The van der Waals surface area contributed by atoms with E-state index in [0.717, 1.165) is 115 Å². The van der Waals surface area contributed by atoms with Gasteiger partial charge in [-0.1, -0.05) is 47.5 Å². The molecule has 0 aromatic carbocycles. The highest BCUT2D eigenvalue weighted by Crippen LogP contribution is 2.59. The highest BCUT2D eigenvalue weighted by Gasteiger charge is 2.57. The third-order valence-corrected chi connectivity index (χ3v) is 16.9. The molecule has 6 aliphatic rings. The molecule has 17 nitrogen and oxygen atoms in total. The Hall–Kier alpha value is -4.28. The molecule has 0 spiro atoms. The molecule has 0 aliphatic heterocycles. The second kappa shape index (κ2) is 29.3. The fourth-order valence-electron chi connectivity index (χ4n) is 10.5. The van der Waals surface area contributed by atoms with E-state index in [1.165, 1.54) is 12.8 Å². The van der Waals surface area contributed by atoms with Gasteiger partial charge >= 0.3 is 47.8 Å². The van der Waals surface area contributed by atoms with Crippen LogP contribution in [0.5, 0.6) is 0 Å². The van der Waals surface area contributed by atoms with Crippen LogP contribution in [-0.4, -0.2) is 111 Å². The third kappa shape index (κ3) is 19.7. The van der Waals surface area contributed by atoms with Crippen LogP contribution in [0.3, 0.4) is 0 Å². The Balaban J connectivity index is 0.000000294. The van der Waals surface area contributed by atoms with Crippen molar-refractivity contribution in [2.24, 2.45) is 39.9 Å². The van der Waals surface area contributed by atoms with E-state index in [1.54, 1.807) is 27.7 Å². The molecule has 17 heteroatoms. The summed E-state index contributed by atoms with van der Waals surface area (Å²) in [5.74, 6) is -1.60. The Kier molecular flexibility index (Phi) is 25.3. The van der Waals surface area contributed by atoms with Gasteiger partial charge in [0.1, 0.15) is 30.0 Å². The average Bonchev–Trinajstić information content (AvgIpc) is 3.37. The minimum absolute atomic E-state index is 0.0868. The van der Waals surface area contributed by atoms with Crippen LogP contribution in [0.2, 0.25) is 0 Å². The van der Waals surface area contributed by atoms with E-state index >= 15 is 0 Å². The van der Waals surface area contributed by atoms with Crippen LogP contribution in [0, 0.1) is 39.9 Å². The van der Waals surface area contributed by atoms with Gasteiger partial charge in [0.15, 0.2) is 26.4 Å². The van der Waals surface area contributed by atoms with Crippen molar-refractivity contribution in [3.8, 4) is 0 Å². The Morgan fingerprint density at radius 2 is 0.743 bits per heavy atom. The number of rotatable bonds is 24. The number of carbonyl (C=O) groups is 8. The molecule has 0 N–H and O–H groups in total. The summed E-state index contributed by atoms with van der Waals surface area (Å²) in [7, 11) is 0. The molecule has 0 radical (unpaired) electrons. The Bertz CT molecular complexity index is 1830. The monoisotopic (exact) mass is 1050 g/mol. The van der Waals surface area contributed by atoms with E-state index in [-0.39, 0.29) is 37.4 Å². The van der Waals surface area contributed by atoms with Gasteiger partial charge in [-0.15, -0.1) is 0 Å². The lowest BCUT2D eigenvalue weighted by atomic mass is 9.50. The molecule has 74 heavy (non-hydrogen) atoms. The predicted octanol–water partition coefficient (Wildman–Crippen LogP) is 10.1. The summed E-state index contributed by atoms with van der Waals surface area (Å²) in [6.45, 7) is 20.9. The largest absolute Gasteiger partial charge is 0.463 e. The molecule has 0 aromatic heterocycles. The molecule has 0 aromatic rings. The van der Waals surface area contributed by atoms with E-state index in [1.807, 2.05) is 41.5 Å². The van der Waals surface area contributed by atoms with Crippen LogP contribution in [0.4, 0.5) is 0 Å². The van der Waals surface area contributed by atoms with Gasteiger partial charge in [0.25, 0.3) is 0 Å². The minimum Gasteiger partial charge on any atom is -0.463 e. The maximum atomic E-state index is 12.3. The highest BCUT2D eigenvalue weighted by atomic mass is 16.6.